The van der Waals surface area contributed by atoms with Gasteiger partial charge >= 0.3 is 0 Å². The Kier molecular flexibility index (Phi) is 4.68. The van der Waals surface area contributed by atoms with Gasteiger partial charge in [-0.3, -0.25) is 14.8 Å². The number of anilines is 2. The average Bonchev–Trinajstić information content (AvgIpc) is 2.70. The van der Waals surface area contributed by atoms with Crippen molar-refractivity contribution >= 4 is 28.6 Å². The van der Waals surface area contributed by atoms with Gasteiger partial charge in [0.1, 0.15) is 11.6 Å². The van der Waals surface area contributed by atoms with Crippen LogP contribution >= 0.6 is 0 Å². The maximum Gasteiger partial charge on any atom is 0.256 e. The van der Waals surface area contributed by atoms with E-state index in [1.807, 2.05) is 19.1 Å². The predicted octanol–water partition coefficient (Wildman–Crippen LogP) is 2.34. The third-order valence-electron chi connectivity index (χ3n) is 4.85. The van der Waals surface area contributed by atoms with E-state index in [1.54, 1.807) is 30.6 Å². The molecule has 0 unspecified atom stereocenters. The lowest BCUT2D eigenvalue weighted by atomic mass is 10.2. The topological polar surface area (TPSA) is 74.2 Å². The van der Waals surface area contributed by atoms with Crippen LogP contribution in [0.2, 0.25) is 0 Å². The first-order chi connectivity index (χ1) is 13.1. The molecule has 1 aliphatic rings. The summed E-state index contributed by atoms with van der Waals surface area (Å²) in [5.41, 5.74) is 3.10. The first-order valence-electron chi connectivity index (χ1n) is 9.03. The van der Waals surface area contributed by atoms with E-state index in [4.69, 9.17) is 4.98 Å². The van der Waals surface area contributed by atoms with Crippen LogP contribution in [0.5, 0.6) is 0 Å². The van der Waals surface area contributed by atoms with Crippen molar-refractivity contribution in [1.82, 2.24) is 19.9 Å². The second-order valence-corrected chi connectivity index (χ2v) is 6.84. The van der Waals surface area contributed by atoms with E-state index >= 15 is 0 Å². The van der Waals surface area contributed by atoms with Gasteiger partial charge in [-0.2, -0.15) is 0 Å². The number of fused-ring (bicyclic) bond motifs is 1. The molecule has 1 saturated heterocycles. The summed E-state index contributed by atoms with van der Waals surface area (Å²) in [7, 11) is 2.13. The molecule has 0 aliphatic carbocycles. The molecule has 1 amide bonds. The molecule has 1 fully saturated rings. The first-order valence-corrected chi connectivity index (χ1v) is 9.03. The third kappa shape index (κ3) is 3.73. The van der Waals surface area contributed by atoms with E-state index in [2.05, 4.69) is 32.1 Å². The maximum absolute atomic E-state index is 12.7. The van der Waals surface area contributed by atoms with E-state index in [9.17, 15) is 4.79 Å². The van der Waals surface area contributed by atoms with Gasteiger partial charge in [-0.15, -0.1) is 0 Å². The van der Waals surface area contributed by atoms with Crippen molar-refractivity contribution in [3.05, 3.63) is 53.9 Å². The highest BCUT2D eigenvalue weighted by atomic mass is 16.1. The Labute approximate surface area is 158 Å². The van der Waals surface area contributed by atoms with Gasteiger partial charge in [-0.1, -0.05) is 6.07 Å². The Bertz CT molecular complexity index is 981. The average molecular weight is 362 g/mol. The maximum atomic E-state index is 12.7. The molecule has 138 valence electrons. The minimum absolute atomic E-state index is 0.205. The van der Waals surface area contributed by atoms with E-state index in [1.165, 1.54) is 0 Å². The van der Waals surface area contributed by atoms with Gasteiger partial charge in [0.15, 0.2) is 0 Å². The number of nitrogens with zero attached hydrogens (tertiary/aromatic N) is 5. The molecular weight excluding hydrogens is 340 g/mol. The number of amides is 1. The molecule has 3 heterocycles. The zero-order valence-electron chi connectivity index (χ0n) is 15.5. The number of pyridine rings is 1. The number of carbonyl (C=O) groups excluding carboxylic acids is 1. The Morgan fingerprint density at radius 1 is 1.00 bits per heavy atom. The monoisotopic (exact) mass is 362 g/mol. The molecule has 27 heavy (non-hydrogen) atoms. The van der Waals surface area contributed by atoms with Crippen molar-refractivity contribution in [3.63, 3.8) is 0 Å². The summed E-state index contributed by atoms with van der Waals surface area (Å²) in [4.78, 5) is 30.4. The number of hydrogen-bond acceptors (Lipinski definition) is 6. The summed E-state index contributed by atoms with van der Waals surface area (Å²) in [6.45, 7) is 5.94. The number of hydrogen-bond donors (Lipinski definition) is 1. The standard InChI is InChI=1S/C20H22N6O/c1-14-3-6-18(23-19(14)26-11-9-25(2)10-12-26)24-20(27)15-4-5-16-17(13-15)22-8-7-21-16/h3-8,13H,9-12H2,1-2H3,(H,23,24,27). The van der Waals surface area contributed by atoms with Crippen LogP contribution in [0, 0.1) is 6.92 Å². The molecule has 3 aromatic rings. The fourth-order valence-corrected chi connectivity index (χ4v) is 3.22. The summed E-state index contributed by atoms with van der Waals surface area (Å²) in [5, 5.41) is 2.90. The Hall–Kier alpha value is -3.06. The number of nitrogens with one attached hydrogen (secondary N) is 1. The molecule has 0 radical (unpaired) electrons. The Balaban J connectivity index is 1.54. The molecule has 0 spiro atoms. The normalized spacial score (nSPS) is 15.1. The van der Waals surface area contributed by atoms with Gasteiger partial charge in [-0.05, 0) is 43.8 Å². The minimum atomic E-state index is -0.205. The fourth-order valence-electron chi connectivity index (χ4n) is 3.22. The molecule has 1 aromatic carbocycles. The Morgan fingerprint density at radius 3 is 2.52 bits per heavy atom. The van der Waals surface area contributed by atoms with Gasteiger partial charge in [0.25, 0.3) is 5.91 Å². The lowest BCUT2D eigenvalue weighted by Crippen LogP contribution is -2.45. The van der Waals surface area contributed by atoms with Crippen molar-refractivity contribution in [2.75, 3.05) is 43.4 Å². The molecule has 7 nitrogen and oxygen atoms in total. The molecule has 0 bridgehead atoms. The van der Waals surface area contributed by atoms with Crippen molar-refractivity contribution in [3.8, 4) is 0 Å². The van der Waals surface area contributed by atoms with Crippen molar-refractivity contribution in [1.29, 1.82) is 0 Å². The molecule has 7 heteroatoms. The summed E-state index contributed by atoms with van der Waals surface area (Å²) in [5.74, 6) is 1.28. The molecular formula is C20H22N6O. The highest BCUT2D eigenvalue weighted by Crippen LogP contribution is 2.22. The smallest absolute Gasteiger partial charge is 0.256 e. The largest absolute Gasteiger partial charge is 0.354 e. The Morgan fingerprint density at radius 2 is 1.74 bits per heavy atom. The number of carbonyl (C=O) groups is 1. The fraction of sp³-hybridized carbons (Fsp3) is 0.300. The molecule has 4 rings (SSSR count). The van der Waals surface area contributed by atoms with Crippen LogP contribution in [0.3, 0.4) is 0 Å². The van der Waals surface area contributed by atoms with E-state index in [0.29, 0.717) is 16.9 Å². The molecule has 0 saturated carbocycles. The number of aryl methyl sites for hydroxylation is 1. The number of rotatable bonds is 3. The van der Waals surface area contributed by atoms with Gasteiger partial charge in [0.05, 0.1) is 11.0 Å². The van der Waals surface area contributed by atoms with Crippen LogP contribution < -0.4 is 10.2 Å². The van der Waals surface area contributed by atoms with Crippen LogP contribution in [-0.4, -0.2) is 59.0 Å². The number of benzene rings is 1. The van der Waals surface area contributed by atoms with Crippen LogP contribution in [0.1, 0.15) is 15.9 Å². The highest BCUT2D eigenvalue weighted by molar-refractivity contribution is 6.05. The molecule has 0 atom stereocenters. The van der Waals surface area contributed by atoms with Gasteiger partial charge in [-0.25, -0.2) is 4.98 Å². The quantitative estimate of drug-likeness (QED) is 0.771. The second kappa shape index (κ2) is 7.28. The summed E-state index contributed by atoms with van der Waals surface area (Å²) in [6, 6.07) is 9.14. The predicted molar refractivity (Wildman–Crippen MR) is 106 cm³/mol. The minimum Gasteiger partial charge on any atom is -0.354 e. The van der Waals surface area contributed by atoms with Gasteiger partial charge in [0.2, 0.25) is 0 Å². The number of aromatic nitrogens is 3. The summed E-state index contributed by atoms with van der Waals surface area (Å²) >= 11 is 0. The number of piperazine rings is 1. The van der Waals surface area contributed by atoms with Gasteiger partial charge < -0.3 is 15.1 Å². The SMILES string of the molecule is Cc1ccc(NC(=O)c2ccc3nccnc3c2)nc1N1CCN(C)CC1. The van der Waals surface area contributed by atoms with Crippen LogP contribution in [0.4, 0.5) is 11.6 Å². The number of likely N-dealkylation sites (N-methyl/N-ethyl adjacent to an activating group) is 1. The van der Waals surface area contributed by atoms with Crippen LogP contribution in [0.15, 0.2) is 42.7 Å². The zero-order chi connectivity index (χ0) is 18.8. The van der Waals surface area contributed by atoms with Gasteiger partial charge in [0, 0.05) is 44.1 Å². The van der Waals surface area contributed by atoms with E-state index < -0.39 is 0 Å². The molecule has 1 aliphatic heterocycles. The van der Waals surface area contributed by atoms with Crippen molar-refractivity contribution < 1.29 is 4.79 Å². The summed E-state index contributed by atoms with van der Waals surface area (Å²) < 4.78 is 0. The molecule has 1 N–H and O–H groups in total. The summed E-state index contributed by atoms with van der Waals surface area (Å²) in [6.07, 6.45) is 3.26. The van der Waals surface area contributed by atoms with Crippen molar-refractivity contribution in [2.45, 2.75) is 6.92 Å². The van der Waals surface area contributed by atoms with E-state index in [0.717, 1.165) is 43.1 Å². The van der Waals surface area contributed by atoms with Crippen LogP contribution in [-0.2, 0) is 0 Å². The van der Waals surface area contributed by atoms with Crippen molar-refractivity contribution in [2.24, 2.45) is 0 Å². The third-order valence-corrected chi connectivity index (χ3v) is 4.85. The first kappa shape index (κ1) is 17.4. The highest BCUT2D eigenvalue weighted by Gasteiger charge is 2.18. The zero-order valence-corrected chi connectivity index (χ0v) is 15.5. The lowest BCUT2D eigenvalue weighted by Gasteiger charge is -2.34. The lowest BCUT2D eigenvalue weighted by molar-refractivity contribution is 0.102. The molecule has 2 aromatic heterocycles. The van der Waals surface area contributed by atoms with E-state index in [-0.39, 0.29) is 5.91 Å². The second-order valence-electron chi connectivity index (χ2n) is 6.84. The van der Waals surface area contributed by atoms with Crippen LogP contribution in [0.25, 0.3) is 11.0 Å².